The van der Waals surface area contributed by atoms with Crippen LogP contribution in [-0.2, 0) is 19.5 Å². The molecule has 2 amide bonds. The second-order valence-electron chi connectivity index (χ2n) is 6.81. The zero-order chi connectivity index (χ0) is 16.2. The molecular formula is C16H27N5O2. The fourth-order valence-corrected chi connectivity index (χ4v) is 3.50. The Morgan fingerprint density at radius 2 is 2.17 bits per heavy atom. The van der Waals surface area contributed by atoms with E-state index in [1.54, 1.807) is 9.25 Å². The van der Waals surface area contributed by atoms with E-state index in [2.05, 4.69) is 17.3 Å². The van der Waals surface area contributed by atoms with Crippen molar-refractivity contribution in [3.8, 4) is 0 Å². The molecule has 1 saturated heterocycles. The summed E-state index contributed by atoms with van der Waals surface area (Å²) in [5.74, 6) is 1.50. The second-order valence-corrected chi connectivity index (χ2v) is 6.81. The lowest BCUT2D eigenvalue weighted by Gasteiger charge is -2.30. The number of rotatable bonds is 4. The van der Waals surface area contributed by atoms with Crippen LogP contribution < -0.4 is 11.0 Å². The van der Waals surface area contributed by atoms with Crippen LogP contribution in [0.25, 0.3) is 0 Å². The first kappa shape index (κ1) is 16.1. The van der Waals surface area contributed by atoms with Gasteiger partial charge in [0.15, 0.2) is 0 Å². The molecule has 0 aromatic carbocycles. The van der Waals surface area contributed by atoms with Crippen molar-refractivity contribution in [3.05, 3.63) is 16.3 Å². The van der Waals surface area contributed by atoms with Crippen LogP contribution in [0.1, 0.15) is 44.9 Å². The number of carbonyl (C=O) groups excluding carboxylic acids is 1. The topological polar surface area (TPSA) is 72.2 Å². The maximum Gasteiger partial charge on any atom is 0.345 e. The van der Waals surface area contributed by atoms with Crippen LogP contribution in [-0.4, -0.2) is 44.9 Å². The molecule has 3 heterocycles. The number of nitrogens with one attached hydrogen (secondary N) is 1. The van der Waals surface area contributed by atoms with Crippen molar-refractivity contribution < 1.29 is 4.79 Å². The van der Waals surface area contributed by atoms with Gasteiger partial charge in [-0.1, -0.05) is 6.92 Å². The van der Waals surface area contributed by atoms with Gasteiger partial charge in [-0.15, -0.1) is 0 Å². The maximum absolute atomic E-state index is 12.2. The van der Waals surface area contributed by atoms with Crippen molar-refractivity contribution in [3.63, 3.8) is 0 Å². The lowest BCUT2D eigenvalue weighted by Crippen LogP contribution is -2.45. The lowest BCUT2D eigenvalue weighted by atomic mass is 10.0. The van der Waals surface area contributed by atoms with Crippen LogP contribution in [0.15, 0.2) is 4.79 Å². The first-order chi connectivity index (χ1) is 11.1. The van der Waals surface area contributed by atoms with E-state index in [4.69, 9.17) is 0 Å². The summed E-state index contributed by atoms with van der Waals surface area (Å²) in [6.07, 6.45) is 6.09. The van der Waals surface area contributed by atoms with Crippen LogP contribution in [0, 0.1) is 5.92 Å². The molecule has 7 nitrogen and oxygen atoms in total. The molecule has 3 rings (SSSR count). The molecule has 1 N–H and O–H groups in total. The summed E-state index contributed by atoms with van der Waals surface area (Å²) in [4.78, 5) is 26.2. The van der Waals surface area contributed by atoms with Crippen LogP contribution in [0.2, 0.25) is 0 Å². The SMILES string of the molecule is C[C@H]1CCCN(C(=O)NCCCn2nc3n(c2=O)CCCC3)C1. The van der Waals surface area contributed by atoms with E-state index in [-0.39, 0.29) is 11.7 Å². The number of aromatic nitrogens is 3. The van der Waals surface area contributed by atoms with Gasteiger partial charge in [0.25, 0.3) is 0 Å². The molecule has 23 heavy (non-hydrogen) atoms. The van der Waals surface area contributed by atoms with Crippen molar-refractivity contribution in [1.29, 1.82) is 0 Å². The summed E-state index contributed by atoms with van der Waals surface area (Å²) < 4.78 is 3.34. The third-order valence-electron chi connectivity index (χ3n) is 4.80. The van der Waals surface area contributed by atoms with Gasteiger partial charge < -0.3 is 10.2 Å². The van der Waals surface area contributed by atoms with Crippen molar-refractivity contribution in [1.82, 2.24) is 24.6 Å². The van der Waals surface area contributed by atoms with Crippen LogP contribution in [0.3, 0.4) is 0 Å². The molecule has 1 aromatic heterocycles. The van der Waals surface area contributed by atoms with Gasteiger partial charge in [-0.3, -0.25) is 4.57 Å². The molecule has 7 heteroatoms. The van der Waals surface area contributed by atoms with E-state index in [0.29, 0.717) is 19.0 Å². The predicted molar refractivity (Wildman–Crippen MR) is 87.4 cm³/mol. The number of fused-ring (bicyclic) bond motifs is 1. The Kier molecular flexibility index (Phi) is 5.03. The molecule has 0 saturated carbocycles. The summed E-state index contributed by atoms with van der Waals surface area (Å²) in [7, 11) is 0. The number of urea groups is 1. The summed E-state index contributed by atoms with van der Waals surface area (Å²) in [5.41, 5.74) is -0.00381. The van der Waals surface area contributed by atoms with Gasteiger partial charge in [0.1, 0.15) is 5.82 Å². The summed E-state index contributed by atoms with van der Waals surface area (Å²) in [6.45, 7) is 5.82. The smallest absolute Gasteiger partial charge is 0.338 e. The number of hydrogen-bond acceptors (Lipinski definition) is 3. The van der Waals surface area contributed by atoms with Crippen LogP contribution >= 0.6 is 0 Å². The van der Waals surface area contributed by atoms with E-state index in [1.807, 2.05) is 4.90 Å². The van der Waals surface area contributed by atoms with Crippen molar-refractivity contribution >= 4 is 6.03 Å². The van der Waals surface area contributed by atoms with Crippen LogP contribution in [0.5, 0.6) is 0 Å². The minimum absolute atomic E-state index is 0.00381. The van der Waals surface area contributed by atoms with E-state index in [0.717, 1.165) is 57.6 Å². The van der Waals surface area contributed by atoms with Gasteiger partial charge >= 0.3 is 11.7 Å². The normalized spacial score (nSPS) is 21.1. The number of likely N-dealkylation sites (tertiary alicyclic amines) is 1. The second kappa shape index (κ2) is 7.19. The Labute approximate surface area is 136 Å². The number of aryl methyl sites for hydroxylation is 2. The zero-order valence-corrected chi connectivity index (χ0v) is 14.0. The Balaban J connectivity index is 1.44. The number of nitrogens with zero attached hydrogens (tertiary/aromatic N) is 4. The van der Waals surface area contributed by atoms with Gasteiger partial charge in [0, 0.05) is 39.1 Å². The van der Waals surface area contributed by atoms with Gasteiger partial charge in [0.2, 0.25) is 0 Å². The first-order valence-electron chi connectivity index (χ1n) is 8.84. The highest BCUT2D eigenvalue weighted by molar-refractivity contribution is 5.74. The molecule has 0 radical (unpaired) electrons. The van der Waals surface area contributed by atoms with Gasteiger partial charge in [-0.05, 0) is 38.0 Å². The summed E-state index contributed by atoms with van der Waals surface area (Å²) in [5, 5.41) is 7.37. The predicted octanol–water partition coefficient (Wildman–Crippen LogP) is 1.21. The zero-order valence-electron chi connectivity index (χ0n) is 14.0. The molecule has 128 valence electrons. The third-order valence-corrected chi connectivity index (χ3v) is 4.80. The fraction of sp³-hybridized carbons (Fsp3) is 0.812. The number of hydrogen-bond donors (Lipinski definition) is 1. The Hall–Kier alpha value is -1.79. The molecule has 1 aromatic rings. The molecule has 1 atom stereocenters. The standard InChI is InChI=1S/C16H27N5O2/c1-13-6-4-9-19(12-13)15(22)17-8-5-11-21-16(23)20-10-3-2-7-14(20)18-21/h13H,2-12H2,1H3,(H,17,22)/t13-/m0/s1. The maximum atomic E-state index is 12.2. The fourth-order valence-electron chi connectivity index (χ4n) is 3.50. The first-order valence-corrected chi connectivity index (χ1v) is 8.84. The quantitative estimate of drug-likeness (QED) is 0.847. The van der Waals surface area contributed by atoms with Gasteiger partial charge in [-0.2, -0.15) is 5.10 Å². The van der Waals surface area contributed by atoms with Gasteiger partial charge in [-0.25, -0.2) is 14.3 Å². The lowest BCUT2D eigenvalue weighted by molar-refractivity contribution is 0.169. The minimum atomic E-state index is -0.00381. The highest BCUT2D eigenvalue weighted by Crippen LogP contribution is 2.15. The van der Waals surface area contributed by atoms with Crippen molar-refractivity contribution in [2.24, 2.45) is 5.92 Å². The molecule has 2 aliphatic heterocycles. The average Bonchev–Trinajstić information content (AvgIpc) is 2.88. The molecule has 0 unspecified atom stereocenters. The Morgan fingerprint density at radius 1 is 1.30 bits per heavy atom. The average molecular weight is 321 g/mol. The van der Waals surface area contributed by atoms with Crippen molar-refractivity contribution in [2.45, 2.75) is 58.5 Å². The number of carbonyl (C=O) groups is 1. The molecule has 0 aliphatic carbocycles. The summed E-state index contributed by atoms with van der Waals surface area (Å²) in [6, 6.07) is 0.0213. The monoisotopic (exact) mass is 321 g/mol. The summed E-state index contributed by atoms with van der Waals surface area (Å²) >= 11 is 0. The number of piperidine rings is 1. The highest BCUT2D eigenvalue weighted by atomic mass is 16.2. The molecule has 0 spiro atoms. The Bertz CT molecular complexity index is 606. The van der Waals surface area contributed by atoms with Crippen LogP contribution in [0.4, 0.5) is 4.79 Å². The minimum Gasteiger partial charge on any atom is -0.338 e. The van der Waals surface area contributed by atoms with Gasteiger partial charge in [0.05, 0.1) is 0 Å². The largest absolute Gasteiger partial charge is 0.345 e. The highest BCUT2D eigenvalue weighted by Gasteiger charge is 2.20. The van der Waals surface area contributed by atoms with E-state index < -0.39 is 0 Å². The Morgan fingerprint density at radius 3 is 2.96 bits per heavy atom. The molecule has 1 fully saturated rings. The van der Waals surface area contributed by atoms with Crippen molar-refractivity contribution in [2.75, 3.05) is 19.6 Å². The molecule has 0 bridgehead atoms. The molecular weight excluding hydrogens is 294 g/mol. The van der Waals surface area contributed by atoms with E-state index >= 15 is 0 Å². The van der Waals surface area contributed by atoms with E-state index in [9.17, 15) is 9.59 Å². The number of amides is 2. The third kappa shape index (κ3) is 3.76. The molecule has 2 aliphatic rings. The van der Waals surface area contributed by atoms with E-state index in [1.165, 1.54) is 6.42 Å².